The summed E-state index contributed by atoms with van der Waals surface area (Å²) in [5.41, 5.74) is 0.0165. The van der Waals surface area contributed by atoms with E-state index in [-0.39, 0.29) is 21.5 Å². The molecule has 1 atom stereocenters. The summed E-state index contributed by atoms with van der Waals surface area (Å²) in [7, 11) is 0.0229. The van der Waals surface area contributed by atoms with Crippen LogP contribution in [0, 0.1) is 11.3 Å². The number of likely N-dealkylation sites (N-methyl/N-ethyl adjacent to an activating group) is 2. The lowest BCUT2D eigenvalue weighted by Gasteiger charge is -2.30. The van der Waals surface area contributed by atoms with Crippen molar-refractivity contribution in [1.82, 2.24) is 14.1 Å². The summed E-state index contributed by atoms with van der Waals surface area (Å²) in [6, 6.07) is 6.74. The number of hydrogen-bond donors (Lipinski definition) is 0. The Bertz CT molecular complexity index is 761. The molecule has 8 heteroatoms. The molecule has 1 aromatic rings. The van der Waals surface area contributed by atoms with E-state index in [1.807, 2.05) is 25.1 Å². The van der Waals surface area contributed by atoms with Crippen molar-refractivity contribution >= 4 is 21.6 Å². The molecule has 6 nitrogen and oxygen atoms in total. The molecule has 1 aromatic carbocycles. The minimum atomic E-state index is -3.81. The first kappa shape index (κ1) is 21.1. The molecule has 0 N–H and O–H groups in total. The third-order valence-electron chi connectivity index (χ3n) is 4.82. The van der Waals surface area contributed by atoms with Crippen molar-refractivity contribution in [2.45, 2.75) is 30.7 Å². The molecular formula is C18H27ClN4O2S. The first-order chi connectivity index (χ1) is 12.3. The Morgan fingerprint density at radius 2 is 2.08 bits per heavy atom. The van der Waals surface area contributed by atoms with E-state index in [4.69, 9.17) is 11.6 Å². The van der Waals surface area contributed by atoms with Gasteiger partial charge >= 0.3 is 0 Å². The van der Waals surface area contributed by atoms with Gasteiger partial charge in [-0.2, -0.15) is 9.57 Å². The predicted octanol–water partition coefficient (Wildman–Crippen LogP) is 2.25. The molecule has 1 saturated heterocycles. The van der Waals surface area contributed by atoms with Gasteiger partial charge in [-0.1, -0.05) is 24.6 Å². The Morgan fingerprint density at radius 3 is 2.69 bits per heavy atom. The fourth-order valence-electron chi connectivity index (χ4n) is 3.34. The Morgan fingerprint density at radius 1 is 1.35 bits per heavy atom. The van der Waals surface area contributed by atoms with Crippen molar-refractivity contribution in [2.24, 2.45) is 0 Å². The number of sulfonamides is 1. The van der Waals surface area contributed by atoms with E-state index in [0.29, 0.717) is 19.6 Å². The topological polar surface area (TPSA) is 67.7 Å². The number of nitriles is 1. The monoisotopic (exact) mass is 398 g/mol. The lowest BCUT2D eigenvalue weighted by atomic mass is 10.2. The molecule has 2 rings (SSSR count). The quantitative estimate of drug-likeness (QED) is 0.671. The van der Waals surface area contributed by atoms with Crippen molar-refractivity contribution in [2.75, 3.05) is 46.8 Å². The van der Waals surface area contributed by atoms with Crippen molar-refractivity contribution in [1.29, 1.82) is 5.26 Å². The standard InChI is InChI=1S/C18H27ClN4O2S/c1-4-22-10-6-7-15(22)14-23(12-11-21(2)3)26(24,25)18-9-5-8-17(19)16(18)13-20/h5,8-9,15H,4,6-7,10-12,14H2,1-3H3. The highest BCUT2D eigenvalue weighted by atomic mass is 35.5. The van der Waals surface area contributed by atoms with Crippen LogP contribution in [0.15, 0.2) is 23.1 Å². The van der Waals surface area contributed by atoms with E-state index >= 15 is 0 Å². The van der Waals surface area contributed by atoms with Gasteiger partial charge in [0.25, 0.3) is 0 Å². The zero-order chi connectivity index (χ0) is 19.3. The summed E-state index contributed by atoms with van der Waals surface area (Å²) in [4.78, 5) is 4.27. The Labute approximate surface area is 162 Å². The largest absolute Gasteiger partial charge is 0.308 e. The van der Waals surface area contributed by atoms with E-state index in [0.717, 1.165) is 25.9 Å². The summed E-state index contributed by atoms with van der Waals surface area (Å²) < 4.78 is 28.2. The van der Waals surface area contributed by atoms with Crippen LogP contribution in [-0.4, -0.2) is 75.4 Å². The van der Waals surface area contributed by atoms with Gasteiger partial charge in [0, 0.05) is 25.7 Å². The highest BCUT2D eigenvalue weighted by molar-refractivity contribution is 7.89. The Kier molecular flexibility index (Phi) is 7.44. The zero-order valence-electron chi connectivity index (χ0n) is 15.7. The minimum absolute atomic E-state index is 0.00713. The fourth-order valence-corrected chi connectivity index (χ4v) is 5.25. The van der Waals surface area contributed by atoms with Gasteiger partial charge in [-0.25, -0.2) is 8.42 Å². The third kappa shape index (κ3) is 4.76. The molecule has 26 heavy (non-hydrogen) atoms. The highest BCUT2D eigenvalue weighted by Crippen LogP contribution is 2.27. The van der Waals surface area contributed by atoms with Crippen molar-refractivity contribution < 1.29 is 8.42 Å². The molecule has 1 unspecified atom stereocenters. The summed E-state index contributed by atoms with van der Waals surface area (Å²) in [5, 5.41) is 9.56. The molecule has 144 valence electrons. The molecule has 0 saturated carbocycles. The maximum Gasteiger partial charge on any atom is 0.244 e. The summed E-state index contributed by atoms with van der Waals surface area (Å²) >= 11 is 6.06. The van der Waals surface area contributed by atoms with Crippen LogP contribution < -0.4 is 0 Å². The molecule has 0 aromatic heterocycles. The van der Waals surface area contributed by atoms with Crippen LogP contribution in [-0.2, 0) is 10.0 Å². The molecule has 1 heterocycles. The third-order valence-corrected chi connectivity index (χ3v) is 7.04. The van der Waals surface area contributed by atoms with Crippen LogP contribution in [0.2, 0.25) is 5.02 Å². The van der Waals surface area contributed by atoms with Crippen molar-refractivity contribution in [3.05, 3.63) is 28.8 Å². The molecular weight excluding hydrogens is 372 g/mol. The number of likely N-dealkylation sites (tertiary alicyclic amines) is 1. The van der Waals surface area contributed by atoms with Gasteiger partial charge in [0.1, 0.15) is 11.0 Å². The van der Waals surface area contributed by atoms with Gasteiger partial charge in [0.2, 0.25) is 10.0 Å². The van der Waals surface area contributed by atoms with Crippen molar-refractivity contribution in [3.63, 3.8) is 0 Å². The summed E-state index contributed by atoms with van der Waals surface area (Å²) in [5.74, 6) is 0. The number of nitrogens with zero attached hydrogens (tertiary/aromatic N) is 4. The van der Waals surface area contributed by atoms with Crippen LogP contribution in [0.4, 0.5) is 0 Å². The molecule has 0 radical (unpaired) electrons. The predicted molar refractivity (Wildman–Crippen MR) is 104 cm³/mol. The maximum atomic E-state index is 13.3. The second-order valence-corrected chi connectivity index (χ2v) is 9.13. The van der Waals surface area contributed by atoms with E-state index in [1.54, 1.807) is 12.1 Å². The van der Waals surface area contributed by atoms with E-state index < -0.39 is 10.0 Å². The molecule has 1 fully saturated rings. The Hall–Kier alpha value is -1.17. The second kappa shape index (κ2) is 9.16. The first-order valence-corrected chi connectivity index (χ1v) is 10.7. The molecule has 0 amide bonds. The summed E-state index contributed by atoms with van der Waals surface area (Å²) in [6.45, 7) is 5.43. The zero-order valence-corrected chi connectivity index (χ0v) is 17.2. The second-order valence-electron chi connectivity index (χ2n) is 6.82. The van der Waals surface area contributed by atoms with Crippen LogP contribution in [0.25, 0.3) is 0 Å². The van der Waals surface area contributed by atoms with Gasteiger partial charge < -0.3 is 4.90 Å². The van der Waals surface area contributed by atoms with Crippen molar-refractivity contribution in [3.8, 4) is 6.07 Å². The molecule has 0 bridgehead atoms. The lowest BCUT2D eigenvalue weighted by Crippen LogP contribution is -2.45. The highest BCUT2D eigenvalue weighted by Gasteiger charge is 2.33. The van der Waals surface area contributed by atoms with Gasteiger partial charge in [-0.3, -0.25) is 4.90 Å². The summed E-state index contributed by atoms with van der Waals surface area (Å²) in [6.07, 6.45) is 2.07. The van der Waals surface area contributed by atoms with Gasteiger partial charge in [-0.05, 0) is 52.2 Å². The van der Waals surface area contributed by atoms with Crippen LogP contribution in [0.3, 0.4) is 0 Å². The van der Waals surface area contributed by atoms with Crippen LogP contribution in [0.1, 0.15) is 25.3 Å². The average molecular weight is 399 g/mol. The Balaban J connectivity index is 2.37. The number of rotatable bonds is 8. The lowest BCUT2D eigenvalue weighted by molar-refractivity contribution is 0.220. The van der Waals surface area contributed by atoms with E-state index in [9.17, 15) is 13.7 Å². The van der Waals surface area contributed by atoms with Crippen LogP contribution >= 0.6 is 11.6 Å². The molecule has 1 aliphatic heterocycles. The van der Waals surface area contributed by atoms with Gasteiger partial charge in [0.05, 0.1) is 10.6 Å². The fraction of sp³-hybridized carbons (Fsp3) is 0.611. The van der Waals surface area contributed by atoms with Crippen LogP contribution in [0.5, 0.6) is 0 Å². The number of benzene rings is 1. The number of halogens is 1. The molecule has 1 aliphatic rings. The average Bonchev–Trinajstić information content (AvgIpc) is 3.05. The maximum absolute atomic E-state index is 13.3. The number of hydrogen-bond acceptors (Lipinski definition) is 5. The van der Waals surface area contributed by atoms with E-state index in [2.05, 4.69) is 11.8 Å². The van der Waals surface area contributed by atoms with Gasteiger partial charge in [0.15, 0.2) is 0 Å². The van der Waals surface area contributed by atoms with Gasteiger partial charge in [-0.15, -0.1) is 0 Å². The smallest absolute Gasteiger partial charge is 0.244 e. The SMILES string of the molecule is CCN1CCCC1CN(CCN(C)C)S(=O)(=O)c1cccc(Cl)c1C#N. The first-order valence-electron chi connectivity index (χ1n) is 8.88. The molecule has 0 aliphatic carbocycles. The molecule has 0 spiro atoms. The normalized spacial score (nSPS) is 18.6. The minimum Gasteiger partial charge on any atom is -0.308 e. The van der Waals surface area contributed by atoms with E-state index in [1.165, 1.54) is 10.4 Å².